The number of hydrogen-bond acceptors (Lipinski definition) is 5. The summed E-state index contributed by atoms with van der Waals surface area (Å²) in [4.78, 5) is 21.8. The topological polar surface area (TPSA) is 78.6 Å². The highest BCUT2D eigenvalue weighted by atomic mass is 16.5. The summed E-state index contributed by atoms with van der Waals surface area (Å²) in [5, 5.41) is 0. The van der Waals surface area contributed by atoms with Crippen molar-refractivity contribution in [3.8, 4) is 0 Å². The highest BCUT2D eigenvalue weighted by molar-refractivity contribution is 5.97. The summed E-state index contributed by atoms with van der Waals surface area (Å²) in [5.41, 5.74) is 5.53. The van der Waals surface area contributed by atoms with Crippen molar-refractivity contribution >= 4 is 11.9 Å². The van der Waals surface area contributed by atoms with Gasteiger partial charge in [-0.15, -0.1) is 0 Å². The molecule has 0 amide bonds. The minimum absolute atomic E-state index is 0.0920. The second-order valence-electron chi connectivity index (χ2n) is 2.40. The maximum Gasteiger partial charge on any atom is 0.335 e. The Morgan fingerprint density at radius 3 is 2.15 bits per heavy atom. The Balaban J connectivity index is 4.70. The molecule has 0 heterocycles. The molecular formula is C8H13NO4. The molecule has 0 aromatic heterocycles. The van der Waals surface area contributed by atoms with E-state index in [1.807, 2.05) is 0 Å². The fourth-order valence-electron chi connectivity index (χ4n) is 0.680. The van der Waals surface area contributed by atoms with Crippen LogP contribution in [0.4, 0.5) is 0 Å². The minimum Gasteiger partial charge on any atom is -0.466 e. The molecule has 0 aromatic carbocycles. The fourth-order valence-corrected chi connectivity index (χ4v) is 0.680. The molecule has 0 saturated carbocycles. The van der Waals surface area contributed by atoms with Gasteiger partial charge in [-0.3, -0.25) is 0 Å². The van der Waals surface area contributed by atoms with Crippen molar-refractivity contribution < 1.29 is 19.1 Å². The van der Waals surface area contributed by atoms with E-state index in [0.29, 0.717) is 0 Å². The number of ether oxygens (including phenoxy) is 2. The number of carbonyl (C=O) groups excluding carboxylic acids is 2. The summed E-state index contributed by atoms with van der Waals surface area (Å²) in [6.07, 6.45) is 1.02. The number of carbonyl (C=O) groups is 2. The number of rotatable bonds is 3. The maximum absolute atomic E-state index is 11.0. The van der Waals surface area contributed by atoms with Gasteiger partial charge in [0.2, 0.25) is 0 Å². The van der Waals surface area contributed by atoms with Crippen molar-refractivity contribution in [3.05, 3.63) is 11.6 Å². The lowest BCUT2D eigenvalue weighted by Crippen LogP contribution is -2.25. The van der Waals surface area contributed by atoms with Gasteiger partial charge in [-0.1, -0.05) is 0 Å². The molecule has 74 valence electrons. The van der Waals surface area contributed by atoms with Gasteiger partial charge in [0.25, 0.3) is 0 Å². The van der Waals surface area contributed by atoms with Crippen molar-refractivity contribution in [2.24, 2.45) is 5.73 Å². The molecule has 0 aliphatic rings. The molecule has 0 saturated heterocycles. The second kappa shape index (κ2) is 5.31. The lowest BCUT2D eigenvalue weighted by atomic mass is 10.1. The molecule has 0 fully saturated rings. The average Bonchev–Trinajstić information content (AvgIpc) is 2.11. The van der Waals surface area contributed by atoms with Gasteiger partial charge in [-0.05, 0) is 6.92 Å². The Morgan fingerprint density at radius 1 is 1.31 bits per heavy atom. The first-order valence-corrected chi connectivity index (χ1v) is 3.66. The summed E-state index contributed by atoms with van der Waals surface area (Å²) in [5.74, 6) is -1.25. The van der Waals surface area contributed by atoms with Crippen LogP contribution in [-0.4, -0.2) is 32.2 Å². The van der Waals surface area contributed by atoms with E-state index in [9.17, 15) is 9.59 Å². The van der Waals surface area contributed by atoms with Crippen LogP contribution in [0.25, 0.3) is 0 Å². The molecule has 0 spiro atoms. The van der Waals surface area contributed by atoms with Crippen molar-refractivity contribution in [2.75, 3.05) is 14.2 Å². The van der Waals surface area contributed by atoms with E-state index in [-0.39, 0.29) is 5.57 Å². The summed E-state index contributed by atoms with van der Waals surface area (Å²) >= 11 is 0. The molecule has 5 heteroatoms. The largest absolute Gasteiger partial charge is 0.466 e. The third kappa shape index (κ3) is 3.71. The SMILES string of the molecule is COC(=O)C=C(C(=O)OC)C(C)N. The van der Waals surface area contributed by atoms with E-state index in [1.54, 1.807) is 6.92 Å². The molecular weight excluding hydrogens is 174 g/mol. The van der Waals surface area contributed by atoms with E-state index in [2.05, 4.69) is 9.47 Å². The lowest BCUT2D eigenvalue weighted by molar-refractivity contribution is -0.138. The molecule has 13 heavy (non-hydrogen) atoms. The molecule has 2 N–H and O–H groups in total. The first-order valence-electron chi connectivity index (χ1n) is 3.66. The van der Waals surface area contributed by atoms with Gasteiger partial charge in [-0.25, -0.2) is 9.59 Å². The summed E-state index contributed by atoms with van der Waals surface area (Å²) in [7, 11) is 2.44. The highest BCUT2D eigenvalue weighted by Gasteiger charge is 2.15. The van der Waals surface area contributed by atoms with Gasteiger partial charge in [0.15, 0.2) is 0 Å². The first-order chi connectivity index (χ1) is 6.02. The summed E-state index contributed by atoms with van der Waals surface area (Å²) < 4.78 is 8.77. The van der Waals surface area contributed by atoms with Gasteiger partial charge in [0.1, 0.15) is 0 Å². The lowest BCUT2D eigenvalue weighted by Gasteiger charge is -2.07. The Bertz CT molecular complexity index is 232. The molecule has 5 nitrogen and oxygen atoms in total. The van der Waals surface area contributed by atoms with Crippen LogP contribution in [0.2, 0.25) is 0 Å². The van der Waals surface area contributed by atoms with Crippen LogP contribution < -0.4 is 5.73 Å². The molecule has 1 atom stereocenters. The molecule has 0 rings (SSSR count). The first kappa shape index (κ1) is 11.6. The number of esters is 2. The van der Waals surface area contributed by atoms with Crippen LogP contribution in [0.3, 0.4) is 0 Å². The van der Waals surface area contributed by atoms with Crippen LogP contribution in [-0.2, 0) is 19.1 Å². The van der Waals surface area contributed by atoms with Crippen LogP contribution in [0.15, 0.2) is 11.6 Å². The molecule has 0 aromatic rings. The van der Waals surface area contributed by atoms with Gasteiger partial charge in [0, 0.05) is 12.1 Å². The predicted molar refractivity (Wildman–Crippen MR) is 45.8 cm³/mol. The zero-order chi connectivity index (χ0) is 10.4. The van der Waals surface area contributed by atoms with E-state index in [4.69, 9.17) is 5.73 Å². The molecule has 1 unspecified atom stereocenters. The van der Waals surface area contributed by atoms with Gasteiger partial charge >= 0.3 is 11.9 Å². The predicted octanol–water partition coefficient (Wildman–Crippen LogP) is -0.394. The smallest absolute Gasteiger partial charge is 0.335 e. The molecule has 0 radical (unpaired) electrons. The van der Waals surface area contributed by atoms with Gasteiger partial charge in [-0.2, -0.15) is 0 Å². The van der Waals surface area contributed by atoms with Crippen LogP contribution in [0.5, 0.6) is 0 Å². The average molecular weight is 187 g/mol. The number of nitrogens with two attached hydrogens (primary N) is 1. The van der Waals surface area contributed by atoms with Gasteiger partial charge < -0.3 is 15.2 Å². The molecule has 0 aliphatic heterocycles. The van der Waals surface area contributed by atoms with Crippen LogP contribution >= 0.6 is 0 Å². The molecule has 0 bridgehead atoms. The zero-order valence-corrected chi connectivity index (χ0v) is 7.87. The summed E-state index contributed by atoms with van der Waals surface area (Å²) in [6, 6.07) is -0.563. The standard InChI is InChI=1S/C8H13NO4/c1-5(9)6(8(11)13-3)4-7(10)12-2/h4-5H,9H2,1-3H3. The Kier molecular flexibility index (Phi) is 4.76. The Morgan fingerprint density at radius 2 is 1.85 bits per heavy atom. The molecule has 0 aliphatic carbocycles. The van der Waals surface area contributed by atoms with Crippen molar-refractivity contribution in [1.29, 1.82) is 0 Å². The minimum atomic E-state index is -0.627. The van der Waals surface area contributed by atoms with Crippen molar-refractivity contribution in [2.45, 2.75) is 13.0 Å². The van der Waals surface area contributed by atoms with E-state index < -0.39 is 18.0 Å². The summed E-state index contributed by atoms with van der Waals surface area (Å²) in [6.45, 7) is 1.58. The Hall–Kier alpha value is -1.36. The number of methoxy groups -OCH3 is 2. The second-order valence-corrected chi connectivity index (χ2v) is 2.40. The Labute approximate surface area is 76.5 Å². The monoisotopic (exact) mass is 187 g/mol. The van der Waals surface area contributed by atoms with Crippen molar-refractivity contribution in [1.82, 2.24) is 0 Å². The fraction of sp³-hybridized carbons (Fsp3) is 0.500. The number of hydrogen-bond donors (Lipinski definition) is 1. The van der Waals surface area contributed by atoms with E-state index in [0.717, 1.165) is 6.08 Å². The quantitative estimate of drug-likeness (QED) is 0.480. The van der Waals surface area contributed by atoms with Gasteiger partial charge in [0.05, 0.1) is 19.8 Å². The van der Waals surface area contributed by atoms with Crippen LogP contribution in [0, 0.1) is 0 Å². The third-order valence-electron chi connectivity index (χ3n) is 1.39. The zero-order valence-electron chi connectivity index (χ0n) is 7.87. The van der Waals surface area contributed by atoms with Crippen molar-refractivity contribution in [3.63, 3.8) is 0 Å². The van der Waals surface area contributed by atoms with Crippen LogP contribution in [0.1, 0.15) is 6.92 Å². The van der Waals surface area contributed by atoms with E-state index in [1.165, 1.54) is 14.2 Å². The van der Waals surface area contributed by atoms with E-state index >= 15 is 0 Å². The normalized spacial score (nSPS) is 13.4. The highest BCUT2D eigenvalue weighted by Crippen LogP contribution is 2.02. The third-order valence-corrected chi connectivity index (χ3v) is 1.39. The maximum atomic E-state index is 11.0.